The minimum absolute atomic E-state index is 0.0763. The fourth-order valence-corrected chi connectivity index (χ4v) is 1.61. The molecule has 1 heterocycles. The number of nitriles is 2. The second kappa shape index (κ2) is 5.14. The third-order valence-corrected chi connectivity index (χ3v) is 2.60. The van der Waals surface area contributed by atoms with Crippen molar-refractivity contribution >= 4 is 11.0 Å². The quantitative estimate of drug-likeness (QED) is 0.864. The summed E-state index contributed by atoms with van der Waals surface area (Å²) in [4.78, 5) is 0. The van der Waals surface area contributed by atoms with E-state index in [9.17, 15) is 13.2 Å². The van der Waals surface area contributed by atoms with Crippen LogP contribution in [0.15, 0.2) is 28.7 Å². The average molecular weight is 280 g/mol. The van der Waals surface area contributed by atoms with E-state index < -0.39 is 18.7 Å². The standard InChI is InChI=1S/C13H7F3N2O2/c14-13(15,16)8(5-17)7-19-12-9-3-1-2-4-10(9)20-11(12)6-18/h1-4,8H,7H2. The molecule has 1 atom stereocenters. The predicted octanol–water partition coefficient (Wildman–Crippen LogP) is 3.39. The SMILES string of the molecule is N#Cc1oc2ccccc2c1OCC(C#N)C(F)(F)F. The van der Waals surface area contributed by atoms with Crippen molar-refractivity contribution in [2.75, 3.05) is 6.61 Å². The van der Waals surface area contributed by atoms with Crippen LogP contribution in [0.25, 0.3) is 11.0 Å². The zero-order valence-electron chi connectivity index (χ0n) is 9.94. The van der Waals surface area contributed by atoms with Crippen molar-refractivity contribution in [1.29, 1.82) is 10.5 Å². The van der Waals surface area contributed by atoms with Crippen LogP contribution >= 0.6 is 0 Å². The number of rotatable bonds is 3. The van der Waals surface area contributed by atoms with E-state index in [1.165, 1.54) is 0 Å². The summed E-state index contributed by atoms with van der Waals surface area (Å²) in [6.07, 6.45) is -4.68. The zero-order chi connectivity index (χ0) is 14.8. The second-order valence-electron chi connectivity index (χ2n) is 3.90. The Labute approximate surface area is 111 Å². The highest BCUT2D eigenvalue weighted by Crippen LogP contribution is 2.34. The highest BCUT2D eigenvalue weighted by Gasteiger charge is 2.40. The molecule has 1 unspecified atom stereocenters. The summed E-state index contributed by atoms with van der Waals surface area (Å²) in [6, 6.07) is 9.25. The van der Waals surface area contributed by atoms with Crippen molar-refractivity contribution in [2.24, 2.45) is 5.92 Å². The summed E-state index contributed by atoms with van der Waals surface area (Å²) in [7, 11) is 0. The van der Waals surface area contributed by atoms with Gasteiger partial charge in [0.1, 0.15) is 18.3 Å². The Balaban J connectivity index is 2.31. The molecule has 0 aliphatic rings. The van der Waals surface area contributed by atoms with Gasteiger partial charge in [-0.3, -0.25) is 0 Å². The molecule has 0 N–H and O–H groups in total. The van der Waals surface area contributed by atoms with E-state index in [1.54, 1.807) is 30.3 Å². The van der Waals surface area contributed by atoms with Crippen LogP contribution in [0.2, 0.25) is 0 Å². The fourth-order valence-electron chi connectivity index (χ4n) is 1.61. The van der Waals surface area contributed by atoms with Crippen LogP contribution < -0.4 is 4.74 Å². The van der Waals surface area contributed by atoms with E-state index in [2.05, 4.69) is 0 Å². The lowest BCUT2D eigenvalue weighted by Gasteiger charge is -2.13. The number of fused-ring (bicyclic) bond motifs is 1. The first-order valence-electron chi connectivity index (χ1n) is 5.48. The minimum Gasteiger partial charge on any atom is -0.486 e. The van der Waals surface area contributed by atoms with Gasteiger partial charge in [0.2, 0.25) is 5.76 Å². The summed E-state index contributed by atoms with van der Waals surface area (Å²) in [5.74, 6) is -2.56. The van der Waals surface area contributed by atoms with Crippen LogP contribution in [0.4, 0.5) is 13.2 Å². The highest BCUT2D eigenvalue weighted by atomic mass is 19.4. The van der Waals surface area contributed by atoms with Crippen molar-refractivity contribution in [2.45, 2.75) is 6.18 Å². The monoisotopic (exact) mass is 280 g/mol. The lowest BCUT2D eigenvalue weighted by Crippen LogP contribution is -2.27. The Morgan fingerprint density at radius 1 is 1.25 bits per heavy atom. The van der Waals surface area contributed by atoms with Crippen LogP contribution in [0.3, 0.4) is 0 Å². The van der Waals surface area contributed by atoms with E-state index in [1.807, 2.05) is 0 Å². The van der Waals surface area contributed by atoms with Crippen molar-refractivity contribution in [1.82, 2.24) is 0 Å². The molecule has 102 valence electrons. The molecule has 20 heavy (non-hydrogen) atoms. The minimum atomic E-state index is -4.68. The van der Waals surface area contributed by atoms with Gasteiger partial charge in [-0.15, -0.1) is 0 Å². The number of alkyl halides is 3. The van der Waals surface area contributed by atoms with Gasteiger partial charge in [-0.25, -0.2) is 0 Å². The van der Waals surface area contributed by atoms with Gasteiger partial charge in [0, 0.05) is 0 Å². The van der Waals surface area contributed by atoms with Gasteiger partial charge in [-0.2, -0.15) is 23.7 Å². The van der Waals surface area contributed by atoms with Crippen molar-refractivity contribution in [3.05, 3.63) is 30.0 Å². The molecule has 0 saturated heterocycles. The molecule has 0 bridgehead atoms. The molecule has 0 fully saturated rings. The predicted molar refractivity (Wildman–Crippen MR) is 61.6 cm³/mol. The average Bonchev–Trinajstić information content (AvgIpc) is 2.76. The molecular formula is C13H7F3N2O2. The van der Waals surface area contributed by atoms with Gasteiger partial charge >= 0.3 is 6.18 Å². The number of hydrogen-bond donors (Lipinski definition) is 0. The van der Waals surface area contributed by atoms with E-state index in [0.29, 0.717) is 11.0 Å². The van der Waals surface area contributed by atoms with Crippen LogP contribution in [-0.4, -0.2) is 12.8 Å². The van der Waals surface area contributed by atoms with Gasteiger partial charge in [0.15, 0.2) is 11.7 Å². The lowest BCUT2D eigenvalue weighted by molar-refractivity contribution is -0.165. The normalized spacial score (nSPS) is 12.7. The maximum absolute atomic E-state index is 12.5. The van der Waals surface area contributed by atoms with Crippen molar-refractivity contribution < 1.29 is 22.3 Å². The second-order valence-corrected chi connectivity index (χ2v) is 3.90. The lowest BCUT2D eigenvalue weighted by atomic mass is 10.2. The highest BCUT2D eigenvalue weighted by molar-refractivity contribution is 5.86. The molecule has 0 amide bonds. The summed E-state index contributed by atoms with van der Waals surface area (Å²) in [6.45, 7) is -0.891. The smallest absolute Gasteiger partial charge is 0.407 e. The van der Waals surface area contributed by atoms with Gasteiger partial charge in [0.25, 0.3) is 0 Å². The largest absolute Gasteiger partial charge is 0.486 e. The number of halogens is 3. The molecule has 1 aromatic heterocycles. The van der Waals surface area contributed by atoms with Crippen LogP contribution in [0, 0.1) is 28.6 Å². The Bertz CT molecular complexity index is 707. The molecule has 0 spiro atoms. The molecule has 4 nitrogen and oxygen atoms in total. The van der Waals surface area contributed by atoms with E-state index in [4.69, 9.17) is 19.7 Å². The number of furan rings is 1. The molecule has 0 radical (unpaired) electrons. The molecule has 0 aliphatic carbocycles. The summed E-state index contributed by atoms with van der Waals surface area (Å²) in [5.41, 5.74) is 0.333. The Morgan fingerprint density at radius 2 is 1.95 bits per heavy atom. The van der Waals surface area contributed by atoms with E-state index in [0.717, 1.165) is 6.07 Å². The third kappa shape index (κ3) is 2.52. The van der Waals surface area contributed by atoms with Crippen LogP contribution in [0.5, 0.6) is 5.75 Å². The van der Waals surface area contributed by atoms with E-state index in [-0.39, 0.29) is 11.5 Å². The molecule has 2 rings (SSSR count). The first-order chi connectivity index (χ1) is 9.47. The Kier molecular flexibility index (Phi) is 3.53. The maximum Gasteiger partial charge on any atom is 0.407 e. The Morgan fingerprint density at radius 3 is 2.55 bits per heavy atom. The third-order valence-electron chi connectivity index (χ3n) is 2.60. The van der Waals surface area contributed by atoms with Gasteiger partial charge in [-0.1, -0.05) is 12.1 Å². The Hall–Kier alpha value is -2.67. The molecule has 0 aliphatic heterocycles. The summed E-state index contributed by atoms with van der Waals surface area (Å²) >= 11 is 0. The van der Waals surface area contributed by atoms with E-state index >= 15 is 0 Å². The first-order valence-corrected chi connectivity index (χ1v) is 5.48. The summed E-state index contributed by atoms with van der Waals surface area (Å²) in [5, 5.41) is 17.8. The van der Waals surface area contributed by atoms with Crippen molar-refractivity contribution in [3.8, 4) is 17.9 Å². The molecule has 7 heteroatoms. The molecule has 0 saturated carbocycles. The molecule has 2 aromatic rings. The summed E-state index contributed by atoms with van der Waals surface area (Å²) < 4.78 is 47.5. The molecule has 1 aromatic carbocycles. The van der Waals surface area contributed by atoms with Crippen molar-refractivity contribution in [3.63, 3.8) is 0 Å². The van der Waals surface area contributed by atoms with Crippen LogP contribution in [0.1, 0.15) is 5.76 Å². The fraction of sp³-hybridized carbons (Fsp3) is 0.231. The number of ether oxygens (including phenoxy) is 1. The van der Waals surface area contributed by atoms with Gasteiger partial charge < -0.3 is 9.15 Å². The van der Waals surface area contributed by atoms with Gasteiger partial charge in [0.05, 0.1) is 11.5 Å². The molecular weight excluding hydrogens is 273 g/mol. The maximum atomic E-state index is 12.5. The first kappa shape index (κ1) is 13.8. The number of hydrogen-bond acceptors (Lipinski definition) is 4. The van der Waals surface area contributed by atoms with Crippen LogP contribution in [-0.2, 0) is 0 Å². The zero-order valence-corrected chi connectivity index (χ0v) is 9.94. The topological polar surface area (TPSA) is 69.9 Å². The number of nitrogens with zero attached hydrogens (tertiary/aromatic N) is 2. The number of para-hydroxylation sites is 1. The van der Waals surface area contributed by atoms with Gasteiger partial charge in [-0.05, 0) is 12.1 Å². The number of benzene rings is 1.